The van der Waals surface area contributed by atoms with Gasteiger partial charge in [0.25, 0.3) is 0 Å². The Morgan fingerprint density at radius 1 is 1.05 bits per heavy atom. The van der Waals surface area contributed by atoms with Crippen LogP contribution in [0.1, 0.15) is 81.9 Å². The number of piperidine rings is 1. The summed E-state index contributed by atoms with van der Waals surface area (Å²) in [5.74, 6) is 2.44. The quantitative estimate of drug-likeness (QED) is 0.302. The van der Waals surface area contributed by atoms with E-state index >= 15 is 0 Å². The van der Waals surface area contributed by atoms with Crippen LogP contribution in [0.5, 0.6) is 0 Å². The highest BCUT2D eigenvalue weighted by atomic mass is 32.2. The van der Waals surface area contributed by atoms with Crippen LogP contribution in [0.15, 0.2) is 46.5 Å². The molecule has 3 N–H and O–H groups in total. The molecule has 9 heteroatoms. The minimum Gasteiger partial charge on any atom is -0.393 e. The average molecular weight is 560 g/mol. The van der Waals surface area contributed by atoms with Crippen LogP contribution in [0.3, 0.4) is 0 Å². The number of fused-ring (bicyclic) bond motifs is 1. The molecular formula is C31H41N7OS. The fraction of sp³-hybridized carbons (Fsp3) is 0.548. The first-order chi connectivity index (χ1) is 19.6. The zero-order valence-corrected chi connectivity index (χ0v) is 24.3. The number of anilines is 1. The van der Waals surface area contributed by atoms with Crippen molar-refractivity contribution in [3.8, 4) is 11.1 Å². The molecule has 2 aromatic heterocycles. The van der Waals surface area contributed by atoms with Crippen molar-refractivity contribution >= 4 is 28.6 Å². The van der Waals surface area contributed by atoms with Gasteiger partial charge in [0, 0.05) is 35.8 Å². The van der Waals surface area contributed by atoms with Crippen molar-refractivity contribution in [1.29, 1.82) is 0 Å². The van der Waals surface area contributed by atoms with E-state index in [2.05, 4.69) is 51.6 Å². The van der Waals surface area contributed by atoms with Crippen LogP contribution in [0.4, 0.5) is 11.8 Å². The SMILES string of the molecule is CC1CCC(=Nc2cc(CN3CCCCC3)nc(NCC3CCC(O)CC3)n2)Sc2cc(-c3cn[nH]c3)ccc21. The number of likely N-dealkylation sites (tertiary alicyclic amines) is 1. The van der Waals surface area contributed by atoms with Crippen molar-refractivity contribution in [3.63, 3.8) is 0 Å². The molecule has 40 heavy (non-hydrogen) atoms. The first-order valence-corrected chi connectivity index (χ1v) is 15.8. The van der Waals surface area contributed by atoms with Crippen LogP contribution in [0, 0.1) is 5.92 Å². The Balaban J connectivity index is 1.25. The number of thioether (sulfide) groups is 1. The number of aliphatic hydroxyl groups excluding tert-OH is 1. The van der Waals surface area contributed by atoms with E-state index in [1.54, 1.807) is 11.8 Å². The predicted octanol–water partition coefficient (Wildman–Crippen LogP) is 6.54. The standard InChI is InChI=1S/C31H41N7OS/c1-21-5-12-30(40-28-15-23(8-11-27(21)28)24-18-33-34-19-24)36-29-16-25(20-38-13-3-2-4-14-38)35-31(37-29)32-17-22-6-9-26(39)10-7-22/h8,11,15-16,18-19,21-22,26,39H,2-7,9-10,12-14,17,20H2,1H3,(H,33,34)(H,32,35,37). The zero-order valence-electron chi connectivity index (χ0n) is 23.5. The molecule has 212 valence electrons. The number of nitrogens with zero attached hydrogens (tertiary/aromatic N) is 5. The third kappa shape index (κ3) is 6.93. The van der Waals surface area contributed by atoms with Crippen LogP contribution in [-0.2, 0) is 6.54 Å². The first-order valence-electron chi connectivity index (χ1n) is 15.0. The van der Waals surface area contributed by atoms with Crippen LogP contribution in [0.25, 0.3) is 11.1 Å². The van der Waals surface area contributed by atoms with Crippen molar-refractivity contribution < 1.29 is 5.11 Å². The molecule has 1 aliphatic carbocycles. The second-order valence-electron chi connectivity index (χ2n) is 11.7. The molecule has 0 radical (unpaired) electrons. The van der Waals surface area contributed by atoms with Gasteiger partial charge in [0.15, 0.2) is 5.82 Å². The molecule has 0 spiro atoms. The topological polar surface area (TPSA) is 102 Å². The number of hydrogen-bond donors (Lipinski definition) is 3. The third-order valence-corrected chi connectivity index (χ3v) is 9.70. The number of aromatic nitrogens is 4. The molecule has 1 saturated heterocycles. The normalized spacial score (nSPS) is 24.9. The maximum absolute atomic E-state index is 9.89. The lowest BCUT2D eigenvalue weighted by Crippen LogP contribution is -2.29. The largest absolute Gasteiger partial charge is 0.393 e. The molecule has 0 bridgehead atoms. The van der Waals surface area contributed by atoms with Gasteiger partial charge < -0.3 is 10.4 Å². The highest BCUT2D eigenvalue weighted by Crippen LogP contribution is 2.40. The molecule has 2 fully saturated rings. The maximum atomic E-state index is 9.89. The van der Waals surface area contributed by atoms with Gasteiger partial charge in [-0.25, -0.2) is 9.98 Å². The van der Waals surface area contributed by atoms with Crippen molar-refractivity contribution in [2.24, 2.45) is 10.9 Å². The number of aliphatic hydroxyl groups is 1. The fourth-order valence-corrected chi connectivity index (χ4v) is 7.32. The fourth-order valence-electron chi connectivity index (χ4n) is 6.13. The zero-order chi connectivity index (χ0) is 27.3. The van der Waals surface area contributed by atoms with E-state index in [4.69, 9.17) is 15.0 Å². The van der Waals surface area contributed by atoms with E-state index in [1.165, 1.54) is 35.3 Å². The third-order valence-electron chi connectivity index (χ3n) is 8.60. The smallest absolute Gasteiger partial charge is 0.225 e. The molecule has 0 amide bonds. The second kappa shape index (κ2) is 12.8. The van der Waals surface area contributed by atoms with Crippen LogP contribution in [0.2, 0.25) is 0 Å². The summed E-state index contributed by atoms with van der Waals surface area (Å²) in [4.78, 5) is 18.7. The van der Waals surface area contributed by atoms with Gasteiger partial charge in [-0.2, -0.15) is 10.1 Å². The number of rotatable bonds is 7. The van der Waals surface area contributed by atoms with Crippen molar-refractivity contribution in [3.05, 3.63) is 47.9 Å². The van der Waals surface area contributed by atoms with Gasteiger partial charge in [-0.15, -0.1) is 0 Å². The van der Waals surface area contributed by atoms with Gasteiger partial charge >= 0.3 is 0 Å². The summed E-state index contributed by atoms with van der Waals surface area (Å²) < 4.78 is 0. The maximum Gasteiger partial charge on any atom is 0.225 e. The summed E-state index contributed by atoms with van der Waals surface area (Å²) in [6.45, 7) is 6.25. The number of nitrogens with one attached hydrogen (secondary N) is 2. The summed E-state index contributed by atoms with van der Waals surface area (Å²) in [6, 6.07) is 8.83. The Labute approximate surface area is 241 Å². The number of hydrogen-bond acceptors (Lipinski definition) is 8. The Kier molecular flexibility index (Phi) is 8.80. The molecular weight excluding hydrogens is 518 g/mol. The average Bonchev–Trinajstić information content (AvgIpc) is 3.46. The molecule has 6 rings (SSSR count). The minimum absolute atomic E-state index is 0.136. The molecule has 3 aromatic rings. The van der Waals surface area contributed by atoms with Crippen LogP contribution in [-0.4, -0.2) is 61.0 Å². The highest BCUT2D eigenvalue weighted by molar-refractivity contribution is 8.14. The summed E-state index contributed by atoms with van der Waals surface area (Å²) in [7, 11) is 0. The molecule has 1 aromatic carbocycles. The molecule has 8 nitrogen and oxygen atoms in total. The Morgan fingerprint density at radius 3 is 2.70 bits per heavy atom. The molecule has 1 atom stereocenters. The van der Waals surface area contributed by atoms with E-state index in [0.29, 0.717) is 17.8 Å². The van der Waals surface area contributed by atoms with Gasteiger partial charge in [0.1, 0.15) is 0 Å². The Morgan fingerprint density at radius 2 is 1.90 bits per heavy atom. The molecule has 1 saturated carbocycles. The van der Waals surface area contributed by atoms with Crippen molar-refractivity contribution in [2.45, 2.75) is 88.2 Å². The molecule has 1 unspecified atom stereocenters. The predicted molar refractivity (Wildman–Crippen MR) is 162 cm³/mol. The summed E-state index contributed by atoms with van der Waals surface area (Å²) in [5.41, 5.74) is 4.68. The second-order valence-corrected chi connectivity index (χ2v) is 12.8. The lowest BCUT2D eigenvalue weighted by molar-refractivity contribution is 0.111. The summed E-state index contributed by atoms with van der Waals surface area (Å²) in [6.07, 6.45) is 13.4. The van der Waals surface area contributed by atoms with Gasteiger partial charge in [0.2, 0.25) is 5.95 Å². The monoisotopic (exact) mass is 559 g/mol. The highest BCUT2D eigenvalue weighted by Gasteiger charge is 2.22. The van der Waals surface area contributed by atoms with Crippen molar-refractivity contribution in [1.82, 2.24) is 25.1 Å². The van der Waals surface area contributed by atoms with E-state index in [-0.39, 0.29) is 6.10 Å². The van der Waals surface area contributed by atoms with Crippen LogP contribution < -0.4 is 5.32 Å². The Hall–Kier alpha value is -2.75. The van der Waals surface area contributed by atoms with E-state index in [1.807, 2.05) is 12.4 Å². The summed E-state index contributed by atoms with van der Waals surface area (Å²) >= 11 is 1.78. The molecule has 3 aliphatic rings. The minimum atomic E-state index is -0.136. The van der Waals surface area contributed by atoms with Gasteiger partial charge in [-0.3, -0.25) is 10.00 Å². The lowest BCUT2D eigenvalue weighted by Gasteiger charge is -2.26. The molecule has 2 aliphatic heterocycles. The van der Waals surface area contributed by atoms with Gasteiger partial charge in [0.05, 0.1) is 23.0 Å². The van der Waals surface area contributed by atoms with E-state index in [0.717, 1.165) is 86.8 Å². The number of H-pyrrole nitrogens is 1. The number of benzene rings is 1. The first kappa shape index (κ1) is 27.4. The van der Waals surface area contributed by atoms with Gasteiger partial charge in [-0.05, 0) is 93.5 Å². The van der Waals surface area contributed by atoms with Crippen molar-refractivity contribution in [2.75, 3.05) is 25.0 Å². The van der Waals surface area contributed by atoms with E-state index in [9.17, 15) is 5.11 Å². The molecule has 4 heterocycles. The number of aromatic amines is 1. The summed E-state index contributed by atoms with van der Waals surface area (Å²) in [5, 5.41) is 21.6. The van der Waals surface area contributed by atoms with Crippen LogP contribution >= 0.6 is 11.8 Å². The van der Waals surface area contributed by atoms with E-state index < -0.39 is 0 Å². The van der Waals surface area contributed by atoms with Gasteiger partial charge in [-0.1, -0.05) is 37.2 Å². The number of aliphatic imine (C=N–C) groups is 1. The lowest BCUT2D eigenvalue weighted by atomic mass is 9.87. The Bertz CT molecular complexity index is 1300.